The molecule has 0 bridgehead atoms. The molecular weight excluding hydrogens is 534 g/mol. The summed E-state index contributed by atoms with van der Waals surface area (Å²) in [5, 5.41) is 26.0. The average molecular weight is 582 g/mol. The van der Waals surface area contributed by atoms with Gasteiger partial charge in [0.15, 0.2) is 0 Å². The first kappa shape index (κ1) is 32.8. The summed E-state index contributed by atoms with van der Waals surface area (Å²) in [5.74, 6) is -0.655. The van der Waals surface area contributed by atoms with Crippen molar-refractivity contribution in [1.82, 2.24) is 15.5 Å². The predicted octanol–water partition coefficient (Wildman–Crippen LogP) is 5.74. The highest BCUT2D eigenvalue weighted by atomic mass is 16.6. The van der Waals surface area contributed by atoms with Gasteiger partial charge in [0.25, 0.3) is 0 Å². The summed E-state index contributed by atoms with van der Waals surface area (Å²) in [5.41, 5.74) is 0.436. The quantitative estimate of drug-likeness (QED) is 0.237. The third-order valence-corrected chi connectivity index (χ3v) is 7.35. The SMILES string of the molecule is CCCCCN(C(=O)C(Cc1ccc(O)cc1)NC(=O)OC(C)(C)C)C(C(=O)NC1CCCCC1)c1cccc(O)c1. The van der Waals surface area contributed by atoms with Crippen LogP contribution in [0.1, 0.15) is 96.2 Å². The van der Waals surface area contributed by atoms with Crippen molar-refractivity contribution in [1.29, 1.82) is 0 Å². The lowest BCUT2D eigenvalue weighted by atomic mass is 9.94. The van der Waals surface area contributed by atoms with Gasteiger partial charge in [-0.1, -0.05) is 63.3 Å². The van der Waals surface area contributed by atoms with Crippen LogP contribution >= 0.6 is 0 Å². The van der Waals surface area contributed by atoms with Gasteiger partial charge in [0.1, 0.15) is 29.2 Å². The molecule has 3 amide bonds. The third kappa shape index (κ3) is 10.3. The Morgan fingerprint density at radius 1 is 0.976 bits per heavy atom. The highest BCUT2D eigenvalue weighted by molar-refractivity contribution is 5.92. The molecule has 0 spiro atoms. The molecule has 1 saturated carbocycles. The summed E-state index contributed by atoms with van der Waals surface area (Å²) in [7, 11) is 0. The van der Waals surface area contributed by atoms with Crippen LogP contribution < -0.4 is 10.6 Å². The Bertz CT molecular complexity index is 1170. The van der Waals surface area contributed by atoms with Crippen molar-refractivity contribution in [2.24, 2.45) is 0 Å². The van der Waals surface area contributed by atoms with Crippen LogP contribution in [0.15, 0.2) is 48.5 Å². The number of hydrogen-bond donors (Lipinski definition) is 4. The van der Waals surface area contributed by atoms with Crippen molar-refractivity contribution in [2.75, 3.05) is 6.54 Å². The van der Waals surface area contributed by atoms with Crippen LogP contribution in [0.4, 0.5) is 4.79 Å². The number of benzene rings is 2. The van der Waals surface area contributed by atoms with E-state index in [1.165, 1.54) is 29.2 Å². The number of amides is 3. The van der Waals surface area contributed by atoms with Gasteiger partial charge in [-0.25, -0.2) is 4.79 Å². The fourth-order valence-electron chi connectivity index (χ4n) is 5.31. The summed E-state index contributed by atoms with van der Waals surface area (Å²) in [6.45, 7) is 7.58. The largest absolute Gasteiger partial charge is 0.508 e. The number of carbonyl (C=O) groups excluding carboxylic acids is 3. The van der Waals surface area contributed by atoms with Gasteiger partial charge >= 0.3 is 6.09 Å². The Morgan fingerprint density at radius 3 is 2.29 bits per heavy atom. The molecule has 230 valence electrons. The topological polar surface area (TPSA) is 128 Å². The van der Waals surface area contributed by atoms with Crippen LogP contribution in [0.5, 0.6) is 11.5 Å². The van der Waals surface area contributed by atoms with Gasteiger partial charge in [-0.2, -0.15) is 0 Å². The number of aromatic hydroxyl groups is 2. The smallest absolute Gasteiger partial charge is 0.408 e. The molecule has 9 heteroatoms. The molecule has 42 heavy (non-hydrogen) atoms. The third-order valence-electron chi connectivity index (χ3n) is 7.35. The zero-order valence-corrected chi connectivity index (χ0v) is 25.4. The molecule has 9 nitrogen and oxygen atoms in total. The molecule has 1 aliphatic rings. The Hall–Kier alpha value is -3.75. The van der Waals surface area contributed by atoms with E-state index in [0.29, 0.717) is 12.0 Å². The number of phenols is 2. The molecule has 1 aliphatic carbocycles. The zero-order chi connectivity index (χ0) is 30.7. The fraction of sp³-hybridized carbons (Fsp3) is 0.545. The number of alkyl carbamates (subject to hydrolysis) is 1. The minimum absolute atomic E-state index is 0.00329. The molecule has 0 aliphatic heterocycles. The second-order valence-corrected chi connectivity index (χ2v) is 12.1. The highest BCUT2D eigenvalue weighted by Gasteiger charge is 2.37. The number of nitrogens with zero attached hydrogens (tertiary/aromatic N) is 1. The van der Waals surface area contributed by atoms with Gasteiger partial charge in [0.05, 0.1) is 0 Å². The maximum atomic E-state index is 14.5. The molecule has 2 unspecified atom stereocenters. The lowest BCUT2D eigenvalue weighted by molar-refractivity contribution is -0.143. The molecule has 2 atom stereocenters. The Kier molecular flexibility index (Phi) is 12.1. The number of unbranched alkanes of at least 4 members (excludes halogenated alkanes) is 2. The first-order valence-electron chi connectivity index (χ1n) is 15.1. The van der Waals surface area contributed by atoms with Gasteiger partial charge < -0.3 is 30.5 Å². The molecule has 0 aromatic heterocycles. The van der Waals surface area contributed by atoms with Crippen LogP contribution in [-0.2, 0) is 20.7 Å². The van der Waals surface area contributed by atoms with E-state index in [4.69, 9.17) is 4.74 Å². The van der Waals surface area contributed by atoms with Crippen molar-refractivity contribution in [3.8, 4) is 11.5 Å². The van der Waals surface area contributed by atoms with Gasteiger partial charge in [0, 0.05) is 19.0 Å². The summed E-state index contributed by atoms with van der Waals surface area (Å²) in [6, 6.07) is 10.8. The fourth-order valence-corrected chi connectivity index (χ4v) is 5.31. The van der Waals surface area contributed by atoms with Crippen LogP contribution in [0.3, 0.4) is 0 Å². The lowest BCUT2D eigenvalue weighted by Crippen LogP contribution is -2.54. The van der Waals surface area contributed by atoms with Gasteiger partial charge in [0.2, 0.25) is 11.8 Å². The van der Waals surface area contributed by atoms with E-state index in [0.717, 1.165) is 50.5 Å². The Morgan fingerprint density at radius 2 is 1.67 bits per heavy atom. The number of phenolic OH excluding ortho intramolecular Hbond substituents is 2. The van der Waals surface area contributed by atoms with E-state index < -0.39 is 29.7 Å². The van der Waals surface area contributed by atoms with Crippen molar-refractivity contribution >= 4 is 17.9 Å². The molecule has 0 saturated heterocycles. The van der Waals surface area contributed by atoms with E-state index in [-0.39, 0.29) is 36.4 Å². The molecule has 1 fully saturated rings. The second kappa shape index (κ2) is 15.5. The van der Waals surface area contributed by atoms with Gasteiger partial charge in [-0.05, 0) is 75.4 Å². The first-order valence-corrected chi connectivity index (χ1v) is 15.1. The van der Waals surface area contributed by atoms with Crippen molar-refractivity contribution < 1.29 is 29.3 Å². The first-order chi connectivity index (χ1) is 20.0. The maximum Gasteiger partial charge on any atom is 0.408 e. The summed E-state index contributed by atoms with van der Waals surface area (Å²) in [4.78, 5) is 42.9. The normalized spacial score (nSPS) is 15.3. The highest BCUT2D eigenvalue weighted by Crippen LogP contribution is 2.28. The van der Waals surface area contributed by atoms with Crippen LogP contribution in [0, 0.1) is 0 Å². The van der Waals surface area contributed by atoms with Crippen LogP contribution in [-0.4, -0.2) is 57.3 Å². The molecular formula is C33H47N3O6. The number of hydrogen-bond acceptors (Lipinski definition) is 6. The zero-order valence-electron chi connectivity index (χ0n) is 25.4. The van der Waals surface area contributed by atoms with E-state index in [9.17, 15) is 24.6 Å². The lowest BCUT2D eigenvalue weighted by Gasteiger charge is -2.36. The molecule has 3 rings (SSSR count). The van der Waals surface area contributed by atoms with Crippen LogP contribution in [0.2, 0.25) is 0 Å². The van der Waals surface area contributed by atoms with E-state index in [1.54, 1.807) is 45.0 Å². The molecule has 0 radical (unpaired) electrons. The Balaban J connectivity index is 2.02. The average Bonchev–Trinajstić information content (AvgIpc) is 2.92. The summed E-state index contributed by atoms with van der Waals surface area (Å²) >= 11 is 0. The maximum absolute atomic E-state index is 14.5. The second-order valence-electron chi connectivity index (χ2n) is 12.1. The van der Waals surface area contributed by atoms with Crippen molar-refractivity contribution in [3.63, 3.8) is 0 Å². The molecule has 2 aromatic rings. The predicted molar refractivity (Wildman–Crippen MR) is 162 cm³/mol. The van der Waals surface area contributed by atoms with E-state index >= 15 is 0 Å². The summed E-state index contributed by atoms with van der Waals surface area (Å²) < 4.78 is 5.49. The summed E-state index contributed by atoms with van der Waals surface area (Å²) in [6.07, 6.45) is 6.78. The number of rotatable bonds is 12. The van der Waals surface area contributed by atoms with Crippen molar-refractivity contribution in [3.05, 3.63) is 59.7 Å². The molecule has 4 N–H and O–H groups in total. The monoisotopic (exact) mass is 581 g/mol. The molecule has 2 aromatic carbocycles. The van der Waals surface area contributed by atoms with Crippen LogP contribution in [0.25, 0.3) is 0 Å². The minimum atomic E-state index is -1.05. The van der Waals surface area contributed by atoms with Gasteiger partial charge in [-0.15, -0.1) is 0 Å². The molecule has 0 heterocycles. The standard InChI is InChI=1S/C33H47N3O6/c1-5-6-10-20-36(29(24-12-11-15-27(38)22-24)30(39)34-25-13-8-7-9-14-25)31(40)28(35-32(41)42-33(2,3)4)21-23-16-18-26(37)19-17-23/h11-12,15-19,22,25,28-29,37-38H,5-10,13-14,20-21H2,1-4H3,(H,34,39)(H,35,41). The van der Waals surface area contributed by atoms with Gasteiger partial charge in [-0.3, -0.25) is 9.59 Å². The number of nitrogens with one attached hydrogen (secondary N) is 2. The Labute approximate surface area is 249 Å². The number of carbonyl (C=O) groups is 3. The van der Waals surface area contributed by atoms with E-state index in [1.807, 2.05) is 0 Å². The van der Waals surface area contributed by atoms with Crippen molar-refractivity contribution in [2.45, 2.75) is 109 Å². The minimum Gasteiger partial charge on any atom is -0.508 e. The van der Waals surface area contributed by atoms with E-state index in [2.05, 4.69) is 17.6 Å². The number of ether oxygens (including phenoxy) is 1.